The van der Waals surface area contributed by atoms with Crippen LogP contribution in [0.5, 0.6) is 28.7 Å². The van der Waals surface area contributed by atoms with E-state index in [4.69, 9.17) is 14.6 Å². The molecule has 0 aliphatic heterocycles. The number of methoxy groups -OCH3 is 2. The number of H-pyrrole nitrogens is 1. The number of rotatable bonds is 6. The minimum atomic E-state index is -4.69. The summed E-state index contributed by atoms with van der Waals surface area (Å²) in [4.78, 5) is 26.4. The number of aromatic amines is 1. The first-order valence-corrected chi connectivity index (χ1v) is 11.2. The molecule has 3 N–H and O–H groups in total. The van der Waals surface area contributed by atoms with Gasteiger partial charge in [0.15, 0.2) is 23.0 Å². The molecule has 4 rings (SSSR count). The number of aromatic nitrogens is 1. The van der Waals surface area contributed by atoms with Gasteiger partial charge >= 0.3 is 6.18 Å². The van der Waals surface area contributed by atoms with Gasteiger partial charge in [-0.25, -0.2) is 8.78 Å². The fourth-order valence-corrected chi connectivity index (χ4v) is 3.19. The maximum atomic E-state index is 13.4. The average Bonchev–Trinajstić information content (AvgIpc) is 2.90. The zero-order valence-electron chi connectivity index (χ0n) is 20.8. The summed E-state index contributed by atoms with van der Waals surface area (Å²) in [6, 6.07) is 11.5. The van der Waals surface area contributed by atoms with Crippen molar-refractivity contribution in [2.75, 3.05) is 19.5 Å². The summed E-state index contributed by atoms with van der Waals surface area (Å²) in [6.07, 6.45) is -3.39. The summed E-state index contributed by atoms with van der Waals surface area (Å²) in [6.45, 7) is 0. The third kappa shape index (κ3) is 7.72. The van der Waals surface area contributed by atoms with Crippen LogP contribution in [0.4, 0.5) is 27.6 Å². The van der Waals surface area contributed by atoms with Gasteiger partial charge in [-0.3, -0.25) is 9.59 Å². The van der Waals surface area contributed by atoms with Gasteiger partial charge in [-0.05, 0) is 48.5 Å². The summed E-state index contributed by atoms with van der Waals surface area (Å²) in [7, 11) is 2.60. The zero-order valence-corrected chi connectivity index (χ0v) is 20.8. The molecular formula is C27H21F5N2O6. The second kappa shape index (κ2) is 12.7. The van der Waals surface area contributed by atoms with E-state index in [-0.39, 0.29) is 34.2 Å². The Morgan fingerprint density at radius 1 is 0.825 bits per heavy atom. The lowest BCUT2D eigenvalue weighted by atomic mass is 10.1. The first-order valence-electron chi connectivity index (χ1n) is 11.2. The monoisotopic (exact) mass is 564 g/mol. The molecule has 0 unspecified atom stereocenters. The van der Waals surface area contributed by atoms with E-state index >= 15 is 0 Å². The van der Waals surface area contributed by atoms with Crippen molar-refractivity contribution in [3.05, 3.63) is 106 Å². The Bertz CT molecular complexity index is 1560. The van der Waals surface area contributed by atoms with Crippen LogP contribution in [-0.2, 0) is 6.18 Å². The van der Waals surface area contributed by atoms with Gasteiger partial charge < -0.3 is 29.6 Å². The quantitative estimate of drug-likeness (QED) is 0.243. The summed E-state index contributed by atoms with van der Waals surface area (Å²) in [5.41, 5.74) is -1.64. The molecule has 40 heavy (non-hydrogen) atoms. The second-order valence-corrected chi connectivity index (χ2v) is 7.82. The molecule has 0 spiro atoms. The number of carbonyl (C=O) groups is 1. The van der Waals surface area contributed by atoms with Crippen molar-refractivity contribution in [1.82, 2.24) is 4.98 Å². The van der Waals surface area contributed by atoms with Crippen molar-refractivity contribution in [1.29, 1.82) is 0 Å². The smallest absolute Gasteiger partial charge is 0.416 e. The number of ether oxygens (including phenoxy) is 3. The van der Waals surface area contributed by atoms with Crippen LogP contribution in [0.3, 0.4) is 0 Å². The Hall–Kier alpha value is -5.07. The number of halogens is 5. The van der Waals surface area contributed by atoms with Crippen molar-refractivity contribution in [2.45, 2.75) is 6.18 Å². The SMILES string of the molecule is COc1cc(F)ccc1O.COc1cc(F)ccc1Oc1cc(C(F)(F)F)ccc1C(=O)Nc1cc[nH]c(=O)c1. The number of phenolic OH excluding ortho intramolecular Hbond substituents is 1. The third-order valence-electron chi connectivity index (χ3n) is 5.07. The highest BCUT2D eigenvalue weighted by molar-refractivity contribution is 6.06. The molecular weight excluding hydrogens is 543 g/mol. The number of nitrogens with one attached hydrogen (secondary N) is 2. The number of benzene rings is 3. The molecule has 0 saturated carbocycles. The molecule has 0 saturated heterocycles. The van der Waals surface area contributed by atoms with Gasteiger partial charge in [0.25, 0.3) is 5.91 Å². The van der Waals surface area contributed by atoms with E-state index in [2.05, 4.69) is 15.0 Å². The van der Waals surface area contributed by atoms with E-state index in [9.17, 15) is 31.5 Å². The highest BCUT2D eigenvalue weighted by Crippen LogP contribution is 2.38. The fraction of sp³-hybridized carbons (Fsp3) is 0.111. The maximum Gasteiger partial charge on any atom is 0.416 e. The normalized spacial score (nSPS) is 10.7. The van der Waals surface area contributed by atoms with Crippen molar-refractivity contribution in [2.24, 2.45) is 0 Å². The Balaban J connectivity index is 0.000000371. The molecule has 8 nitrogen and oxygen atoms in total. The van der Waals surface area contributed by atoms with Crippen molar-refractivity contribution in [3.63, 3.8) is 0 Å². The molecule has 1 heterocycles. The van der Waals surface area contributed by atoms with Gasteiger partial charge in [0.05, 0.1) is 25.3 Å². The largest absolute Gasteiger partial charge is 0.504 e. The van der Waals surface area contributed by atoms with Gasteiger partial charge in [0, 0.05) is 30.1 Å². The number of carbonyl (C=O) groups excluding carboxylic acids is 1. The van der Waals surface area contributed by atoms with Crippen LogP contribution in [0.15, 0.2) is 77.7 Å². The zero-order chi connectivity index (χ0) is 29.4. The predicted octanol–water partition coefficient (Wildman–Crippen LogP) is 6.13. The minimum Gasteiger partial charge on any atom is -0.504 e. The number of pyridine rings is 1. The lowest BCUT2D eigenvalue weighted by Gasteiger charge is -2.16. The van der Waals surface area contributed by atoms with Crippen LogP contribution in [0.1, 0.15) is 15.9 Å². The number of hydrogen-bond donors (Lipinski definition) is 3. The van der Waals surface area contributed by atoms with Gasteiger partial charge in [0.2, 0.25) is 5.56 Å². The van der Waals surface area contributed by atoms with Crippen LogP contribution in [0, 0.1) is 11.6 Å². The molecule has 0 atom stereocenters. The molecule has 0 aliphatic carbocycles. The Morgan fingerprint density at radius 2 is 1.48 bits per heavy atom. The molecule has 0 bridgehead atoms. The molecule has 3 aromatic carbocycles. The van der Waals surface area contributed by atoms with E-state index in [0.717, 1.165) is 48.5 Å². The van der Waals surface area contributed by atoms with E-state index in [1.165, 1.54) is 32.5 Å². The molecule has 0 radical (unpaired) electrons. The maximum absolute atomic E-state index is 13.4. The van der Waals surface area contributed by atoms with Crippen LogP contribution in [0.2, 0.25) is 0 Å². The molecule has 1 aromatic heterocycles. The topological polar surface area (TPSA) is 110 Å². The second-order valence-electron chi connectivity index (χ2n) is 7.82. The lowest BCUT2D eigenvalue weighted by Crippen LogP contribution is -2.16. The Morgan fingerprint density at radius 3 is 2.08 bits per heavy atom. The van der Waals surface area contributed by atoms with E-state index in [0.29, 0.717) is 6.07 Å². The third-order valence-corrected chi connectivity index (χ3v) is 5.07. The minimum absolute atomic E-state index is 0.0519. The number of hydrogen-bond acceptors (Lipinski definition) is 6. The molecule has 0 fully saturated rings. The standard InChI is InChI=1S/C20H14F4N2O4.C7H7FO2/c1-29-17-9-12(21)3-5-15(17)30-16-8-11(20(22,23)24)2-4-14(16)19(28)26-13-6-7-25-18(27)10-13;1-10-7-4-5(8)2-3-6(7)9/h2-10H,1H3,(H2,25,26,27,28);2-4,9H,1H3. The van der Waals surface area contributed by atoms with Gasteiger partial charge in [0.1, 0.15) is 17.4 Å². The molecule has 1 amide bonds. The molecule has 13 heteroatoms. The number of phenols is 1. The number of amides is 1. The number of aromatic hydroxyl groups is 1. The summed E-state index contributed by atoms with van der Waals surface area (Å²) in [5.74, 6) is -2.38. The molecule has 4 aromatic rings. The highest BCUT2D eigenvalue weighted by Gasteiger charge is 2.32. The Labute approximate surface area is 223 Å². The fourth-order valence-electron chi connectivity index (χ4n) is 3.19. The van der Waals surface area contributed by atoms with Gasteiger partial charge in [-0.2, -0.15) is 13.2 Å². The summed E-state index contributed by atoms with van der Waals surface area (Å²) in [5, 5.41) is 11.4. The average molecular weight is 564 g/mol. The molecule has 0 aliphatic rings. The van der Waals surface area contributed by atoms with E-state index in [1.807, 2.05) is 0 Å². The summed E-state index contributed by atoms with van der Waals surface area (Å²) >= 11 is 0. The molecule has 210 valence electrons. The van der Waals surface area contributed by atoms with Crippen LogP contribution < -0.4 is 25.1 Å². The predicted molar refractivity (Wildman–Crippen MR) is 134 cm³/mol. The van der Waals surface area contributed by atoms with Crippen LogP contribution in [0.25, 0.3) is 0 Å². The Kier molecular flexibility index (Phi) is 9.33. The van der Waals surface area contributed by atoms with Crippen molar-refractivity contribution in [3.8, 4) is 28.7 Å². The first-order chi connectivity index (χ1) is 18.9. The lowest BCUT2D eigenvalue weighted by molar-refractivity contribution is -0.137. The van der Waals surface area contributed by atoms with E-state index in [1.54, 1.807) is 0 Å². The van der Waals surface area contributed by atoms with Crippen LogP contribution in [-0.4, -0.2) is 30.2 Å². The number of alkyl halides is 3. The van der Waals surface area contributed by atoms with Crippen molar-refractivity contribution >= 4 is 11.6 Å². The van der Waals surface area contributed by atoms with Crippen LogP contribution >= 0.6 is 0 Å². The summed E-state index contributed by atoms with van der Waals surface area (Å²) < 4.78 is 80.3. The highest BCUT2D eigenvalue weighted by atomic mass is 19.4. The van der Waals surface area contributed by atoms with E-state index < -0.39 is 40.6 Å². The first kappa shape index (κ1) is 29.5. The number of anilines is 1. The van der Waals surface area contributed by atoms with Gasteiger partial charge in [-0.1, -0.05) is 0 Å². The van der Waals surface area contributed by atoms with Crippen molar-refractivity contribution < 1.29 is 46.1 Å². The van der Waals surface area contributed by atoms with Gasteiger partial charge in [-0.15, -0.1) is 0 Å².